The minimum atomic E-state index is -0.190. The molecule has 1 aliphatic heterocycles. The van der Waals surface area contributed by atoms with Crippen molar-refractivity contribution >= 4 is 5.97 Å². The van der Waals surface area contributed by atoms with Crippen LogP contribution in [-0.2, 0) is 9.53 Å². The first-order chi connectivity index (χ1) is 5.72. The first-order valence-electron chi connectivity index (χ1n) is 4.21. The number of carbonyl (C=O) groups excluding carboxylic acids is 1. The summed E-state index contributed by atoms with van der Waals surface area (Å²) >= 11 is 0. The number of ether oxygens (including phenoxy) is 1. The van der Waals surface area contributed by atoms with Crippen LogP contribution in [0.1, 0.15) is 6.42 Å². The lowest BCUT2D eigenvalue weighted by Gasteiger charge is -2.11. The van der Waals surface area contributed by atoms with Crippen LogP contribution in [0.25, 0.3) is 0 Å². The number of hydrogen-bond acceptors (Lipinski definition) is 4. The second-order valence-electron chi connectivity index (χ2n) is 3.20. The second kappa shape index (κ2) is 4.42. The van der Waals surface area contributed by atoms with Crippen molar-refractivity contribution in [2.45, 2.75) is 12.5 Å². The maximum Gasteiger partial charge on any atom is 0.319 e. The minimum Gasteiger partial charge on any atom is -0.468 e. The first-order valence-corrected chi connectivity index (χ1v) is 4.21. The molecule has 1 saturated heterocycles. The van der Waals surface area contributed by atoms with E-state index in [2.05, 4.69) is 22.0 Å². The Morgan fingerprint density at radius 1 is 1.75 bits per heavy atom. The van der Waals surface area contributed by atoms with E-state index in [1.165, 1.54) is 7.11 Å². The summed E-state index contributed by atoms with van der Waals surface area (Å²) in [6.07, 6.45) is 1.12. The van der Waals surface area contributed by atoms with Crippen molar-refractivity contribution in [3.63, 3.8) is 0 Å². The van der Waals surface area contributed by atoms with Crippen LogP contribution in [0.3, 0.4) is 0 Å². The fourth-order valence-corrected chi connectivity index (χ4v) is 1.40. The van der Waals surface area contributed by atoms with Crippen LogP contribution in [0.4, 0.5) is 0 Å². The fourth-order valence-electron chi connectivity index (χ4n) is 1.40. The van der Waals surface area contributed by atoms with Gasteiger partial charge in [0.2, 0.25) is 0 Å². The highest BCUT2D eigenvalue weighted by Crippen LogP contribution is 2.05. The van der Waals surface area contributed by atoms with Crippen LogP contribution in [-0.4, -0.2) is 50.7 Å². The molecule has 4 heteroatoms. The van der Waals surface area contributed by atoms with Crippen LogP contribution < -0.4 is 5.32 Å². The molecule has 0 aromatic carbocycles. The Balaban J connectivity index is 2.11. The molecule has 0 aliphatic carbocycles. The van der Waals surface area contributed by atoms with E-state index >= 15 is 0 Å². The van der Waals surface area contributed by atoms with Gasteiger partial charge in [-0.3, -0.25) is 4.79 Å². The van der Waals surface area contributed by atoms with E-state index in [4.69, 9.17) is 0 Å². The van der Waals surface area contributed by atoms with Crippen molar-refractivity contribution < 1.29 is 9.53 Å². The molecule has 4 nitrogen and oxygen atoms in total. The lowest BCUT2D eigenvalue weighted by atomic mass is 10.2. The molecule has 1 N–H and O–H groups in total. The van der Waals surface area contributed by atoms with Crippen LogP contribution in [0.5, 0.6) is 0 Å². The van der Waals surface area contributed by atoms with Crippen molar-refractivity contribution in [2.75, 3.05) is 33.8 Å². The van der Waals surface area contributed by atoms with Crippen LogP contribution in [0.2, 0.25) is 0 Å². The predicted molar refractivity (Wildman–Crippen MR) is 45.9 cm³/mol. The number of nitrogens with zero attached hydrogens (tertiary/aromatic N) is 1. The Bertz CT molecular complexity index is 161. The monoisotopic (exact) mass is 172 g/mol. The Morgan fingerprint density at radius 2 is 2.50 bits per heavy atom. The molecule has 1 fully saturated rings. The third-order valence-corrected chi connectivity index (χ3v) is 2.15. The molecule has 0 amide bonds. The number of nitrogens with one attached hydrogen (secondary N) is 1. The lowest BCUT2D eigenvalue weighted by molar-refractivity contribution is -0.139. The number of rotatable bonds is 3. The highest BCUT2D eigenvalue weighted by Gasteiger charge is 2.19. The van der Waals surface area contributed by atoms with Crippen molar-refractivity contribution in [3.8, 4) is 0 Å². The molecule has 1 heterocycles. The van der Waals surface area contributed by atoms with Gasteiger partial charge < -0.3 is 15.0 Å². The van der Waals surface area contributed by atoms with E-state index in [9.17, 15) is 4.79 Å². The third-order valence-electron chi connectivity index (χ3n) is 2.15. The molecule has 0 saturated carbocycles. The van der Waals surface area contributed by atoms with Crippen molar-refractivity contribution in [3.05, 3.63) is 0 Å². The minimum absolute atomic E-state index is 0.190. The summed E-state index contributed by atoms with van der Waals surface area (Å²) in [7, 11) is 3.49. The molecule has 1 unspecified atom stereocenters. The molecule has 0 bridgehead atoms. The molecule has 1 atom stereocenters. The summed E-state index contributed by atoms with van der Waals surface area (Å²) in [6, 6.07) is 0.453. The first kappa shape index (κ1) is 9.48. The Morgan fingerprint density at radius 3 is 3.00 bits per heavy atom. The van der Waals surface area contributed by atoms with E-state index < -0.39 is 0 Å². The molecule has 1 rings (SSSR count). The van der Waals surface area contributed by atoms with Gasteiger partial charge in [0.25, 0.3) is 0 Å². The fraction of sp³-hybridized carbons (Fsp3) is 0.875. The number of likely N-dealkylation sites (N-methyl/N-ethyl adjacent to an activating group) is 1. The SMILES string of the molecule is COC(=O)CNC1CCN(C)C1. The summed E-state index contributed by atoms with van der Waals surface area (Å²) in [5.41, 5.74) is 0. The Hall–Kier alpha value is -0.610. The molecule has 12 heavy (non-hydrogen) atoms. The molecule has 0 spiro atoms. The molecule has 1 aliphatic rings. The maximum atomic E-state index is 10.8. The highest BCUT2D eigenvalue weighted by molar-refractivity contribution is 5.71. The van der Waals surface area contributed by atoms with Gasteiger partial charge in [-0.25, -0.2) is 0 Å². The standard InChI is InChI=1S/C8H16N2O2/c1-10-4-3-7(6-10)9-5-8(11)12-2/h7,9H,3-6H2,1-2H3. The smallest absolute Gasteiger partial charge is 0.319 e. The number of hydrogen-bond donors (Lipinski definition) is 1. The summed E-state index contributed by atoms with van der Waals surface area (Å²) in [5, 5.41) is 3.15. The summed E-state index contributed by atoms with van der Waals surface area (Å²) < 4.78 is 4.52. The van der Waals surface area contributed by atoms with Crippen LogP contribution in [0, 0.1) is 0 Å². The summed E-state index contributed by atoms with van der Waals surface area (Å²) in [6.45, 7) is 2.46. The normalized spacial score (nSPS) is 24.3. The lowest BCUT2D eigenvalue weighted by Crippen LogP contribution is -2.35. The van der Waals surface area contributed by atoms with E-state index in [-0.39, 0.29) is 5.97 Å². The number of likely N-dealkylation sites (tertiary alicyclic amines) is 1. The van der Waals surface area contributed by atoms with Gasteiger partial charge in [0.05, 0.1) is 13.7 Å². The van der Waals surface area contributed by atoms with Gasteiger partial charge in [0.1, 0.15) is 0 Å². The van der Waals surface area contributed by atoms with Gasteiger partial charge in [0, 0.05) is 12.6 Å². The zero-order valence-electron chi connectivity index (χ0n) is 7.67. The largest absolute Gasteiger partial charge is 0.468 e. The van der Waals surface area contributed by atoms with Gasteiger partial charge in [-0.1, -0.05) is 0 Å². The molecule has 0 aromatic heterocycles. The van der Waals surface area contributed by atoms with Gasteiger partial charge in [-0.05, 0) is 20.0 Å². The number of esters is 1. The number of methoxy groups -OCH3 is 1. The topological polar surface area (TPSA) is 41.6 Å². The molecule has 70 valence electrons. The predicted octanol–water partition coefficient (Wildman–Crippen LogP) is -0.547. The molecular formula is C8H16N2O2. The summed E-state index contributed by atoms with van der Waals surface area (Å²) in [4.78, 5) is 13.0. The highest BCUT2D eigenvalue weighted by atomic mass is 16.5. The quantitative estimate of drug-likeness (QED) is 0.580. The van der Waals surface area contributed by atoms with Crippen molar-refractivity contribution in [2.24, 2.45) is 0 Å². The zero-order chi connectivity index (χ0) is 8.97. The Kier molecular flexibility index (Phi) is 3.49. The third kappa shape index (κ3) is 2.79. The van der Waals surface area contributed by atoms with Crippen molar-refractivity contribution in [1.29, 1.82) is 0 Å². The average molecular weight is 172 g/mol. The molecular weight excluding hydrogens is 156 g/mol. The Labute approximate surface area is 72.9 Å². The molecule has 0 aromatic rings. The van der Waals surface area contributed by atoms with E-state index in [1.54, 1.807) is 0 Å². The van der Waals surface area contributed by atoms with Gasteiger partial charge in [-0.2, -0.15) is 0 Å². The zero-order valence-corrected chi connectivity index (χ0v) is 7.67. The van der Waals surface area contributed by atoms with Gasteiger partial charge in [0.15, 0.2) is 0 Å². The van der Waals surface area contributed by atoms with Gasteiger partial charge >= 0.3 is 5.97 Å². The average Bonchev–Trinajstić information content (AvgIpc) is 2.47. The van der Waals surface area contributed by atoms with Crippen LogP contribution in [0.15, 0.2) is 0 Å². The molecule has 0 radical (unpaired) electrons. The van der Waals surface area contributed by atoms with Crippen LogP contribution >= 0.6 is 0 Å². The van der Waals surface area contributed by atoms with E-state index in [0.29, 0.717) is 12.6 Å². The van der Waals surface area contributed by atoms with Gasteiger partial charge in [-0.15, -0.1) is 0 Å². The maximum absolute atomic E-state index is 10.8. The number of carbonyl (C=O) groups is 1. The summed E-state index contributed by atoms with van der Waals surface area (Å²) in [5.74, 6) is -0.190. The van der Waals surface area contributed by atoms with E-state index in [0.717, 1.165) is 19.5 Å². The van der Waals surface area contributed by atoms with Crippen molar-refractivity contribution in [1.82, 2.24) is 10.2 Å². The second-order valence-corrected chi connectivity index (χ2v) is 3.20. The van der Waals surface area contributed by atoms with E-state index in [1.807, 2.05) is 0 Å².